The lowest BCUT2D eigenvalue weighted by Crippen LogP contribution is -2.34. The molecule has 0 aliphatic carbocycles. The highest BCUT2D eigenvalue weighted by atomic mass is 16.5. The number of urea groups is 1. The van der Waals surface area contributed by atoms with Crippen LogP contribution in [0.25, 0.3) is 0 Å². The first-order chi connectivity index (χ1) is 12.1. The summed E-state index contributed by atoms with van der Waals surface area (Å²) < 4.78 is 10.8. The molecule has 1 saturated heterocycles. The van der Waals surface area contributed by atoms with Crippen LogP contribution in [0.5, 0.6) is 11.5 Å². The molecule has 5 heteroatoms. The first kappa shape index (κ1) is 17.1. The molecule has 2 amide bonds. The van der Waals surface area contributed by atoms with Crippen molar-refractivity contribution in [3.8, 4) is 11.5 Å². The number of likely N-dealkylation sites (tertiary alicyclic amines) is 1. The van der Waals surface area contributed by atoms with Crippen LogP contribution in [0.1, 0.15) is 30.0 Å². The molecule has 1 atom stereocenters. The van der Waals surface area contributed by atoms with Gasteiger partial charge >= 0.3 is 6.03 Å². The zero-order valence-electron chi connectivity index (χ0n) is 14.9. The minimum absolute atomic E-state index is 0.0186. The molecule has 1 N–H and O–H groups in total. The fourth-order valence-corrected chi connectivity index (χ4v) is 3.35. The number of methoxy groups -OCH3 is 2. The van der Waals surface area contributed by atoms with Crippen molar-refractivity contribution >= 4 is 11.7 Å². The van der Waals surface area contributed by atoms with Crippen LogP contribution in [0.2, 0.25) is 0 Å². The van der Waals surface area contributed by atoms with Crippen molar-refractivity contribution in [2.75, 3.05) is 26.1 Å². The molecule has 0 saturated carbocycles. The van der Waals surface area contributed by atoms with Crippen LogP contribution in [-0.2, 0) is 0 Å². The molecule has 3 rings (SSSR count). The van der Waals surface area contributed by atoms with Gasteiger partial charge in [-0.3, -0.25) is 0 Å². The Morgan fingerprint density at radius 3 is 2.72 bits per heavy atom. The van der Waals surface area contributed by atoms with E-state index in [1.54, 1.807) is 14.2 Å². The number of amides is 2. The molecule has 132 valence electrons. The van der Waals surface area contributed by atoms with Gasteiger partial charge < -0.3 is 19.7 Å². The van der Waals surface area contributed by atoms with Crippen LogP contribution in [0.4, 0.5) is 10.5 Å². The lowest BCUT2D eigenvalue weighted by atomic mass is 10.0. The van der Waals surface area contributed by atoms with Crippen molar-refractivity contribution in [2.24, 2.45) is 0 Å². The van der Waals surface area contributed by atoms with Gasteiger partial charge in [-0.2, -0.15) is 0 Å². The predicted molar refractivity (Wildman–Crippen MR) is 98.4 cm³/mol. The highest BCUT2D eigenvalue weighted by Gasteiger charge is 2.32. The largest absolute Gasteiger partial charge is 0.497 e. The molecule has 25 heavy (non-hydrogen) atoms. The van der Waals surface area contributed by atoms with Crippen LogP contribution < -0.4 is 14.8 Å². The van der Waals surface area contributed by atoms with E-state index in [1.165, 1.54) is 0 Å². The van der Waals surface area contributed by atoms with Crippen molar-refractivity contribution < 1.29 is 14.3 Å². The number of ether oxygens (including phenoxy) is 2. The number of benzene rings is 2. The zero-order chi connectivity index (χ0) is 17.8. The zero-order valence-corrected chi connectivity index (χ0v) is 14.9. The Hall–Kier alpha value is -2.69. The highest BCUT2D eigenvalue weighted by molar-refractivity contribution is 5.90. The Labute approximate surface area is 148 Å². The number of carbonyl (C=O) groups excluding carboxylic acids is 1. The maximum Gasteiger partial charge on any atom is 0.322 e. The minimum atomic E-state index is -0.0852. The molecule has 0 radical (unpaired) electrons. The molecule has 1 fully saturated rings. The van der Waals surface area contributed by atoms with Crippen molar-refractivity contribution in [3.63, 3.8) is 0 Å². The third kappa shape index (κ3) is 3.71. The second kappa shape index (κ2) is 7.47. The summed E-state index contributed by atoms with van der Waals surface area (Å²) in [5.41, 5.74) is 2.91. The molecule has 1 aliphatic heterocycles. The quantitative estimate of drug-likeness (QED) is 0.898. The van der Waals surface area contributed by atoms with E-state index in [4.69, 9.17) is 9.47 Å². The lowest BCUT2D eigenvalue weighted by molar-refractivity contribution is 0.206. The number of nitrogens with zero attached hydrogens (tertiary/aromatic N) is 1. The van der Waals surface area contributed by atoms with E-state index >= 15 is 0 Å². The van der Waals surface area contributed by atoms with E-state index < -0.39 is 0 Å². The van der Waals surface area contributed by atoms with Crippen LogP contribution in [-0.4, -0.2) is 31.7 Å². The molecule has 2 aromatic carbocycles. The molecule has 5 nitrogen and oxygen atoms in total. The Kier molecular flexibility index (Phi) is 5.12. The molecular formula is C20H24N2O3. The maximum absolute atomic E-state index is 12.8. The monoisotopic (exact) mass is 340 g/mol. The van der Waals surface area contributed by atoms with Gasteiger partial charge in [0.1, 0.15) is 11.5 Å². The third-order valence-electron chi connectivity index (χ3n) is 4.58. The molecule has 0 bridgehead atoms. The summed E-state index contributed by atoms with van der Waals surface area (Å²) in [6.07, 6.45) is 1.87. The van der Waals surface area contributed by atoms with E-state index in [9.17, 15) is 4.79 Å². The summed E-state index contributed by atoms with van der Waals surface area (Å²) in [7, 11) is 3.29. The van der Waals surface area contributed by atoms with Crippen LogP contribution in [0.15, 0.2) is 42.5 Å². The first-order valence-electron chi connectivity index (χ1n) is 8.48. The first-order valence-corrected chi connectivity index (χ1v) is 8.48. The average Bonchev–Trinajstić information content (AvgIpc) is 3.11. The van der Waals surface area contributed by atoms with Gasteiger partial charge in [-0.25, -0.2) is 4.79 Å². The normalized spacial score (nSPS) is 16.6. The van der Waals surface area contributed by atoms with E-state index in [2.05, 4.69) is 5.32 Å². The van der Waals surface area contributed by atoms with Crippen LogP contribution >= 0.6 is 0 Å². The number of carbonyl (C=O) groups is 1. The Morgan fingerprint density at radius 2 is 2.00 bits per heavy atom. The van der Waals surface area contributed by atoms with Gasteiger partial charge in [0, 0.05) is 17.8 Å². The van der Waals surface area contributed by atoms with E-state index in [0.717, 1.165) is 47.7 Å². The lowest BCUT2D eigenvalue weighted by Gasteiger charge is -2.27. The van der Waals surface area contributed by atoms with Crippen molar-refractivity contribution in [1.82, 2.24) is 4.90 Å². The Balaban J connectivity index is 1.84. The summed E-state index contributed by atoms with van der Waals surface area (Å²) >= 11 is 0. The number of rotatable bonds is 4. The van der Waals surface area contributed by atoms with Crippen LogP contribution in [0, 0.1) is 6.92 Å². The summed E-state index contributed by atoms with van der Waals surface area (Å²) in [6, 6.07) is 13.4. The van der Waals surface area contributed by atoms with Gasteiger partial charge in [0.05, 0.1) is 20.3 Å². The molecule has 0 spiro atoms. The van der Waals surface area contributed by atoms with Gasteiger partial charge in [-0.05, 0) is 55.7 Å². The summed E-state index contributed by atoms with van der Waals surface area (Å²) in [6.45, 7) is 2.73. The molecular weight excluding hydrogens is 316 g/mol. The van der Waals surface area contributed by atoms with Gasteiger partial charge in [0.25, 0.3) is 0 Å². The predicted octanol–water partition coefficient (Wildman–Crippen LogP) is 4.38. The van der Waals surface area contributed by atoms with Crippen molar-refractivity contribution in [3.05, 3.63) is 53.6 Å². The SMILES string of the molecule is COc1ccc(OC)c([C@@H]2CCCN2C(=O)Nc2cccc(C)c2)c1. The van der Waals surface area contributed by atoms with Gasteiger partial charge in [0.2, 0.25) is 0 Å². The van der Waals surface area contributed by atoms with Crippen molar-refractivity contribution in [2.45, 2.75) is 25.8 Å². The highest BCUT2D eigenvalue weighted by Crippen LogP contribution is 2.39. The smallest absolute Gasteiger partial charge is 0.322 e. The number of nitrogens with one attached hydrogen (secondary N) is 1. The van der Waals surface area contributed by atoms with Gasteiger partial charge in [-0.1, -0.05) is 12.1 Å². The van der Waals surface area contributed by atoms with Crippen molar-refractivity contribution in [1.29, 1.82) is 0 Å². The summed E-state index contributed by atoms with van der Waals surface area (Å²) in [5, 5.41) is 3.01. The summed E-state index contributed by atoms with van der Waals surface area (Å²) in [4.78, 5) is 14.7. The van der Waals surface area contributed by atoms with E-state index in [1.807, 2.05) is 54.3 Å². The second-order valence-corrected chi connectivity index (χ2v) is 6.26. The molecule has 2 aromatic rings. The second-order valence-electron chi connectivity index (χ2n) is 6.26. The minimum Gasteiger partial charge on any atom is -0.497 e. The van der Waals surface area contributed by atoms with E-state index in [-0.39, 0.29) is 12.1 Å². The third-order valence-corrected chi connectivity index (χ3v) is 4.58. The van der Waals surface area contributed by atoms with E-state index in [0.29, 0.717) is 0 Å². The maximum atomic E-state index is 12.8. The number of hydrogen-bond acceptors (Lipinski definition) is 3. The Morgan fingerprint density at radius 1 is 1.16 bits per heavy atom. The fraction of sp³-hybridized carbons (Fsp3) is 0.350. The summed E-state index contributed by atoms with van der Waals surface area (Å²) in [5.74, 6) is 1.54. The molecule has 0 unspecified atom stereocenters. The molecule has 1 aliphatic rings. The van der Waals surface area contributed by atoms with Gasteiger partial charge in [-0.15, -0.1) is 0 Å². The number of aryl methyl sites for hydroxylation is 1. The standard InChI is InChI=1S/C20H24N2O3/c1-14-6-4-7-15(12-14)21-20(23)22-11-5-8-18(22)17-13-16(24-2)9-10-19(17)25-3/h4,6-7,9-10,12-13,18H,5,8,11H2,1-3H3,(H,21,23)/t18-/m0/s1. The Bertz CT molecular complexity index is 760. The fourth-order valence-electron chi connectivity index (χ4n) is 3.35. The topological polar surface area (TPSA) is 50.8 Å². The average molecular weight is 340 g/mol. The molecule has 0 aromatic heterocycles. The number of hydrogen-bond donors (Lipinski definition) is 1. The molecule has 1 heterocycles. The van der Waals surface area contributed by atoms with Gasteiger partial charge in [0.15, 0.2) is 0 Å². The van der Waals surface area contributed by atoms with Crippen LogP contribution in [0.3, 0.4) is 0 Å². The number of anilines is 1.